The van der Waals surface area contributed by atoms with Crippen molar-refractivity contribution in [3.63, 3.8) is 0 Å². The number of nitrogens with one attached hydrogen (secondary N) is 2. The third-order valence-electron chi connectivity index (χ3n) is 3.17. The van der Waals surface area contributed by atoms with Gasteiger partial charge in [0.15, 0.2) is 0 Å². The number of hydroxylamine groups is 1. The van der Waals surface area contributed by atoms with E-state index in [1.807, 2.05) is 0 Å². The number of hydrogen-bond acceptors (Lipinski definition) is 5. The average Bonchev–Trinajstić information content (AvgIpc) is 2.51. The summed E-state index contributed by atoms with van der Waals surface area (Å²) >= 11 is 0. The predicted molar refractivity (Wildman–Crippen MR) is 79.9 cm³/mol. The Kier molecular flexibility index (Phi) is 5.45. The van der Waals surface area contributed by atoms with Gasteiger partial charge in [-0.3, -0.25) is 4.79 Å². The number of nitrogens with zero attached hydrogens (tertiary/aromatic N) is 1. The van der Waals surface area contributed by atoms with Gasteiger partial charge in [0.05, 0.1) is 5.39 Å². The standard InChI is InChI=1S/C15H19N3O3/c1-2-3-4-5-9-18-21-15(20)12-10-17-14-11(13(12)19)7-6-8-16-14/h6-8,10,18H,2-5,9H2,1H3,(H,16,17,19). The number of fused-ring (bicyclic) bond motifs is 1. The van der Waals surface area contributed by atoms with E-state index in [0.717, 1.165) is 25.7 Å². The summed E-state index contributed by atoms with van der Waals surface area (Å²) in [6.07, 6.45) is 7.24. The van der Waals surface area contributed by atoms with Crippen LogP contribution in [0.2, 0.25) is 0 Å². The third kappa shape index (κ3) is 3.88. The normalized spacial score (nSPS) is 10.7. The molecule has 2 aromatic heterocycles. The zero-order valence-electron chi connectivity index (χ0n) is 12.0. The Morgan fingerprint density at radius 2 is 2.24 bits per heavy atom. The smallest absolute Gasteiger partial charge is 0.362 e. The van der Waals surface area contributed by atoms with E-state index in [4.69, 9.17) is 4.84 Å². The Balaban J connectivity index is 1.97. The lowest BCUT2D eigenvalue weighted by Crippen LogP contribution is -2.25. The van der Waals surface area contributed by atoms with Crippen LogP contribution in [-0.4, -0.2) is 22.5 Å². The number of pyridine rings is 2. The molecule has 0 amide bonds. The molecule has 0 saturated heterocycles. The van der Waals surface area contributed by atoms with Crippen LogP contribution in [-0.2, 0) is 4.84 Å². The molecule has 2 N–H and O–H groups in total. The zero-order chi connectivity index (χ0) is 15.1. The average molecular weight is 289 g/mol. The van der Waals surface area contributed by atoms with Crippen LogP contribution in [0, 0.1) is 0 Å². The molecule has 0 fully saturated rings. The number of rotatable bonds is 7. The van der Waals surface area contributed by atoms with Crippen molar-refractivity contribution in [2.75, 3.05) is 6.54 Å². The number of carbonyl (C=O) groups excluding carboxylic acids is 1. The summed E-state index contributed by atoms with van der Waals surface area (Å²) < 4.78 is 0. The Labute approximate surface area is 122 Å². The lowest BCUT2D eigenvalue weighted by atomic mass is 10.2. The van der Waals surface area contributed by atoms with E-state index in [1.165, 1.54) is 6.20 Å². The monoisotopic (exact) mass is 289 g/mol. The Morgan fingerprint density at radius 3 is 3.05 bits per heavy atom. The first-order chi connectivity index (χ1) is 10.2. The first-order valence-corrected chi connectivity index (χ1v) is 7.14. The number of aromatic amines is 1. The van der Waals surface area contributed by atoms with Gasteiger partial charge in [0.1, 0.15) is 11.2 Å². The number of H-pyrrole nitrogens is 1. The minimum absolute atomic E-state index is 0.0310. The van der Waals surface area contributed by atoms with Crippen molar-refractivity contribution in [3.8, 4) is 0 Å². The summed E-state index contributed by atoms with van der Waals surface area (Å²) in [6, 6.07) is 3.27. The summed E-state index contributed by atoms with van der Waals surface area (Å²) in [6.45, 7) is 2.72. The van der Waals surface area contributed by atoms with Gasteiger partial charge < -0.3 is 9.82 Å². The highest BCUT2D eigenvalue weighted by molar-refractivity contribution is 5.92. The zero-order valence-corrected chi connectivity index (χ0v) is 12.0. The summed E-state index contributed by atoms with van der Waals surface area (Å²) in [4.78, 5) is 35.8. The van der Waals surface area contributed by atoms with Crippen molar-refractivity contribution in [1.29, 1.82) is 0 Å². The maximum absolute atomic E-state index is 12.2. The lowest BCUT2D eigenvalue weighted by Gasteiger charge is -2.05. The molecule has 0 spiro atoms. The summed E-state index contributed by atoms with van der Waals surface area (Å²) in [5.41, 5.74) is 2.64. The number of hydrogen-bond donors (Lipinski definition) is 2. The van der Waals surface area contributed by atoms with Crippen LogP contribution in [0.5, 0.6) is 0 Å². The highest BCUT2D eigenvalue weighted by atomic mass is 16.7. The number of unbranched alkanes of at least 4 members (excludes halogenated alkanes) is 3. The molecular weight excluding hydrogens is 270 g/mol. The first kappa shape index (κ1) is 15.2. The van der Waals surface area contributed by atoms with Crippen molar-refractivity contribution < 1.29 is 9.63 Å². The highest BCUT2D eigenvalue weighted by Crippen LogP contribution is 2.04. The molecule has 112 valence electrons. The molecule has 0 atom stereocenters. The molecule has 2 aromatic rings. The van der Waals surface area contributed by atoms with Crippen LogP contribution in [0.25, 0.3) is 11.0 Å². The van der Waals surface area contributed by atoms with Gasteiger partial charge in [-0.25, -0.2) is 9.78 Å². The molecule has 21 heavy (non-hydrogen) atoms. The fourth-order valence-electron chi connectivity index (χ4n) is 2.00. The third-order valence-corrected chi connectivity index (χ3v) is 3.17. The van der Waals surface area contributed by atoms with Crippen molar-refractivity contribution in [2.24, 2.45) is 0 Å². The minimum Gasteiger partial charge on any atom is -0.367 e. The Bertz CT molecular complexity index is 667. The lowest BCUT2D eigenvalue weighted by molar-refractivity contribution is 0.0249. The van der Waals surface area contributed by atoms with E-state index in [1.54, 1.807) is 18.3 Å². The molecule has 2 heterocycles. The molecule has 0 bridgehead atoms. The molecule has 0 unspecified atom stereocenters. The molecule has 0 saturated carbocycles. The Hall–Kier alpha value is -2.21. The molecule has 0 aliphatic carbocycles. The molecular formula is C15H19N3O3. The van der Waals surface area contributed by atoms with Crippen molar-refractivity contribution in [1.82, 2.24) is 15.4 Å². The van der Waals surface area contributed by atoms with E-state index < -0.39 is 5.97 Å². The van der Waals surface area contributed by atoms with Crippen LogP contribution in [0.15, 0.2) is 29.3 Å². The second kappa shape index (κ2) is 7.54. The van der Waals surface area contributed by atoms with Gasteiger partial charge in [-0.15, -0.1) is 0 Å². The molecule has 0 aliphatic heterocycles. The van der Waals surface area contributed by atoms with E-state index >= 15 is 0 Å². The van der Waals surface area contributed by atoms with Gasteiger partial charge >= 0.3 is 5.97 Å². The van der Waals surface area contributed by atoms with Crippen LogP contribution >= 0.6 is 0 Å². The van der Waals surface area contributed by atoms with E-state index in [9.17, 15) is 9.59 Å². The molecule has 0 aliphatic rings. The maximum atomic E-state index is 12.2. The second-order valence-electron chi connectivity index (χ2n) is 4.78. The van der Waals surface area contributed by atoms with Crippen LogP contribution in [0.1, 0.15) is 43.0 Å². The number of aromatic nitrogens is 2. The van der Waals surface area contributed by atoms with Gasteiger partial charge in [0, 0.05) is 18.9 Å². The fraction of sp³-hybridized carbons (Fsp3) is 0.400. The summed E-state index contributed by atoms with van der Waals surface area (Å²) in [5, 5.41) is 0.370. The summed E-state index contributed by atoms with van der Waals surface area (Å²) in [5.74, 6) is -0.683. The second-order valence-corrected chi connectivity index (χ2v) is 4.78. The largest absolute Gasteiger partial charge is 0.367 e. The van der Waals surface area contributed by atoms with Crippen LogP contribution in [0.3, 0.4) is 0 Å². The van der Waals surface area contributed by atoms with Gasteiger partial charge in [0.25, 0.3) is 0 Å². The van der Waals surface area contributed by atoms with E-state index in [2.05, 4.69) is 22.4 Å². The van der Waals surface area contributed by atoms with Gasteiger partial charge in [0.2, 0.25) is 5.43 Å². The van der Waals surface area contributed by atoms with E-state index in [0.29, 0.717) is 17.6 Å². The molecule has 6 heteroatoms. The molecule has 0 radical (unpaired) electrons. The van der Waals surface area contributed by atoms with Crippen LogP contribution in [0.4, 0.5) is 0 Å². The first-order valence-electron chi connectivity index (χ1n) is 7.14. The quantitative estimate of drug-likeness (QED) is 0.603. The number of carbonyl (C=O) groups is 1. The Morgan fingerprint density at radius 1 is 1.38 bits per heavy atom. The maximum Gasteiger partial charge on any atom is 0.362 e. The van der Waals surface area contributed by atoms with Gasteiger partial charge in [-0.1, -0.05) is 26.2 Å². The van der Waals surface area contributed by atoms with Crippen molar-refractivity contribution in [2.45, 2.75) is 32.6 Å². The van der Waals surface area contributed by atoms with Gasteiger partial charge in [-0.05, 0) is 18.6 Å². The molecule has 2 rings (SSSR count). The van der Waals surface area contributed by atoms with Crippen LogP contribution < -0.4 is 10.9 Å². The van der Waals surface area contributed by atoms with Gasteiger partial charge in [-0.2, -0.15) is 5.48 Å². The fourth-order valence-corrected chi connectivity index (χ4v) is 2.00. The topological polar surface area (TPSA) is 84.1 Å². The minimum atomic E-state index is -0.683. The summed E-state index contributed by atoms with van der Waals surface area (Å²) in [7, 11) is 0. The van der Waals surface area contributed by atoms with Crippen molar-refractivity contribution in [3.05, 3.63) is 40.3 Å². The molecule has 6 nitrogen and oxygen atoms in total. The molecule has 0 aromatic carbocycles. The SMILES string of the molecule is CCCCCCNOC(=O)c1c[nH]c2ncccc2c1=O. The predicted octanol–water partition coefficient (Wildman–Crippen LogP) is 2.16. The van der Waals surface area contributed by atoms with Crippen molar-refractivity contribution >= 4 is 17.0 Å². The highest BCUT2D eigenvalue weighted by Gasteiger charge is 2.14. The van der Waals surface area contributed by atoms with E-state index in [-0.39, 0.29) is 11.0 Å².